The van der Waals surface area contributed by atoms with Gasteiger partial charge in [-0.15, -0.1) is 0 Å². The number of carbonyl (C=O) groups excluding carboxylic acids is 1. The number of carbonyl (C=O) groups is 1. The minimum Gasteiger partial charge on any atom is -0.496 e. The number of morpholine rings is 1. The topological polar surface area (TPSA) is 57.3 Å². The predicted octanol–water partition coefficient (Wildman–Crippen LogP) is 3.41. The molecular formula is C27H36N4O3. The molecule has 5 rings (SSSR count). The molecule has 2 heterocycles. The Labute approximate surface area is 202 Å². The zero-order chi connectivity index (χ0) is 23.5. The molecule has 0 spiro atoms. The number of hydrogen-bond acceptors (Lipinski definition) is 6. The number of aryl methyl sites for hydroxylation is 1. The number of nitrogens with one attached hydrogen (secondary N) is 1. The lowest BCUT2D eigenvalue weighted by molar-refractivity contribution is 0.101. The smallest absolute Gasteiger partial charge is 0.259 e. The molecule has 0 aromatic heterocycles. The van der Waals surface area contributed by atoms with E-state index in [2.05, 4.69) is 39.2 Å². The van der Waals surface area contributed by atoms with E-state index in [1.807, 2.05) is 24.3 Å². The fourth-order valence-electron chi connectivity index (χ4n) is 5.45. The number of methoxy groups -OCH3 is 1. The fourth-order valence-corrected chi connectivity index (χ4v) is 5.45. The highest BCUT2D eigenvalue weighted by Gasteiger charge is 2.28. The van der Waals surface area contributed by atoms with Crippen LogP contribution in [-0.4, -0.2) is 82.3 Å². The first kappa shape index (κ1) is 23.1. The van der Waals surface area contributed by atoms with Gasteiger partial charge in [0, 0.05) is 62.8 Å². The van der Waals surface area contributed by atoms with E-state index in [0.717, 1.165) is 70.3 Å². The fraction of sp³-hybridized carbons (Fsp3) is 0.519. The van der Waals surface area contributed by atoms with E-state index in [9.17, 15) is 4.79 Å². The van der Waals surface area contributed by atoms with Crippen LogP contribution in [-0.2, 0) is 11.2 Å². The maximum absolute atomic E-state index is 13.2. The Hall–Kier alpha value is -2.61. The van der Waals surface area contributed by atoms with Crippen molar-refractivity contribution in [3.8, 4) is 5.75 Å². The molecule has 2 aromatic rings. The summed E-state index contributed by atoms with van der Waals surface area (Å²) in [6.45, 7) is 7.56. The summed E-state index contributed by atoms with van der Waals surface area (Å²) >= 11 is 0. The van der Waals surface area contributed by atoms with Crippen LogP contribution in [0.25, 0.3) is 0 Å². The van der Waals surface area contributed by atoms with Crippen molar-refractivity contribution < 1.29 is 14.3 Å². The van der Waals surface area contributed by atoms with Crippen molar-refractivity contribution in [1.82, 2.24) is 9.80 Å². The van der Waals surface area contributed by atoms with Crippen molar-refractivity contribution >= 4 is 17.3 Å². The van der Waals surface area contributed by atoms with Gasteiger partial charge in [-0.1, -0.05) is 6.07 Å². The molecule has 2 fully saturated rings. The Kier molecular flexibility index (Phi) is 7.04. The van der Waals surface area contributed by atoms with Crippen LogP contribution in [0.1, 0.15) is 40.4 Å². The lowest BCUT2D eigenvalue weighted by atomic mass is 9.86. The number of rotatable bonds is 5. The Bertz CT molecular complexity index is 1010. The maximum Gasteiger partial charge on any atom is 0.259 e. The van der Waals surface area contributed by atoms with Crippen molar-refractivity contribution in [2.45, 2.75) is 25.3 Å². The second kappa shape index (κ2) is 10.3. The molecule has 3 aliphatic rings. The summed E-state index contributed by atoms with van der Waals surface area (Å²) < 4.78 is 11.1. The number of likely N-dealkylation sites (N-methyl/N-ethyl adjacent to an activating group) is 1. The largest absolute Gasteiger partial charge is 0.496 e. The molecule has 7 nitrogen and oxygen atoms in total. The number of benzene rings is 2. The zero-order valence-corrected chi connectivity index (χ0v) is 20.4. The predicted molar refractivity (Wildman–Crippen MR) is 135 cm³/mol. The summed E-state index contributed by atoms with van der Waals surface area (Å²) in [6.07, 6.45) is 3.53. The van der Waals surface area contributed by atoms with Crippen molar-refractivity contribution in [1.29, 1.82) is 0 Å². The first-order valence-electron chi connectivity index (χ1n) is 12.5. The highest BCUT2D eigenvalue weighted by atomic mass is 16.5. The second-order valence-corrected chi connectivity index (χ2v) is 9.60. The highest BCUT2D eigenvalue weighted by Crippen LogP contribution is 2.36. The number of piperazine rings is 1. The van der Waals surface area contributed by atoms with E-state index in [1.165, 1.54) is 24.0 Å². The average Bonchev–Trinajstić information content (AvgIpc) is 2.89. The van der Waals surface area contributed by atoms with Gasteiger partial charge in [-0.2, -0.15) is 0 Å². The van der Waals surface area contributed by atoms with E-state index in [0.29, 0.717) is 17.4 Å². The van der Waals surface area contributed by atoms with Crippen LogP contribution in [0, 0.1) is 0 Å². The lowest BCUT2D eigenvalue weighted by Crippen LogP contribution is -2.46. The first-order chi connectivity index (χ1) is 16.6. The van der Waals surface area contributed by atoms with Crippen molar-refractivity contribution in [3.05, 3.63) is 53.1 Å². The number of fused-ring (bicyclic) bond motifs is 1. The summed E-state index contributed by atoms with van der Waals surface area (Å²) in [4.78, 5) is 20.5. The number of amides is 1. The van der Waals surface area contributed by atoms with Crippen LogP contribution in [0.3, 0.4) is 0 Å². The minimum atomic E-state index is -0.141. The van der Waals surface area contributed by atoms with Gasteiger partial charge in [0.1, 0.15) is 5.75 Å². The highest BCUT2D eigenvalue weighted by molar-refractivity contribution is 6.06. The molecule has 1 amide bonds. The molecule has 0 saturated carbocycles. The van der Waals surface area contributed by atoms with Crippen LogP contribution >= 0.6 is 0 Å². The van der Waals surface area contributed by atoms with Crippen molar-refractivity contribution in [2.75, 3.05) is 76.9 Å². The summed E-state index contributed by atoms with van der Waals surface area (Å²) in [7, 11) is 3.82. The molecule has 2 saturated heterocycles. The van der Waals surface area contributed by atoms with Crippen molar-refractivity contribution in [2.24, 2.45) is 0 Å². The second-order valence-electron chi connectivity index (χ2n) is 9.60. The van der Waals surface area contributed by atoms with Gasteiger partial charge >= 0.3 is 0 Å². The third-order valence-corrected chi connectivity index (χ3v) is 7.47. The molecule has 34 heavy (non-hydrogen) atoms. The quantitative estimate of drug-likeness (QED) is 0.732. The standard InChI is InChI=1S/C27H36N4O3/c1-29-10-12-31(13-11-29)25-5-3-4-20-6-7-21(18-24(20)25)28-27(32)23-9-8-22(19-26(23)33-2)30-14-16-34-17-15-30/h6-9,18-19,25H,3-5,10-17H2,1-2H3,(H,28,32). The van der Waals surface area contributed by atoms with Gasteiger partial charge in [0.2, 0.25) is 0 Å². The normalized spacial score (nSPS) is 21.7. The van der Waals surface area contributed by atoms with Gasteiger partial charge in [0.25, 0.3) is 5.91 Å². The summed E-state index contributed by atoms with van der Waals surface area (Å²) in [5, 5.41) is 3.13. The van der Waals surface area contributed by atoms with Crippen LogP contribution in [0.4, 0.5) is 11.4 Å². The van der Waals surface area contributed by atoms with Crippen LogP contribution in [0.15, 0.2) is 36.4 Å². The third kappa shape index (κ3) is 4.92. The molecule has 1 aliphatic carbocycles. The Morgan fingerprint density at radius 3 is 2.59 bits per heavy atom. The molecule has 1 N–H and O–H groups in total. The molecule has 2 aromatic carbocycles. The zero-order valence-electron chi connectivity index (χ0n) is 20.4. The third-order valence-electron chi connectivity index (χ3n) is 7.47. The van der Waals surface area contributed by atoms with Gasteiger partial charge in [0.05, 0.1) is 25.9 Å². The molecule has 7 heteroatoms. The van der Waals surface area contributed by atoms with Gasteiger partial charge in [0.15, 0.2) is 0 Å². The number of hydrogen-bond donors (Lipinski definition) is 1. The average molecular weight is 465 g/mol. The number of ether oxygens (including phenoxy) is 2. The maximum atomic E-state index is 13.2. The van der Waals surface area contributed by atoms with E-state index in [4.69, 9.17) is 9.47 Å². The van der Waals surface area contributed by atoms with E-state index >= 15 is 0 Å². The molecule has 0 bridgehead atoms. The molecule has 1 atom stereocenters. The summed E-state index contributed by atoms with van der Waals surface area (Å²) in [5.74, 6) is 0.451. The molecule has 182 valence electrons. The van der Waals surface area contributed by atoms with E-state index in [1.54, 1.807) is 7.11 Å². The van der Waals surface area contributed by atoms with Gasteiger partial charge in [-0.3, -0.25) is 9.69 Å². The molecular weight excluding hydrogens is 428 g/mol. The van der Waals surface area contributed by atoms with E-state index in [-0.39, 0.29) is 5.91 Å². The van der Waals surface area contributed by atoms with E-state index < -0.39 is 0 Å². The monoisotopic (exact) mass is 464 g/mol. The Balaban J connectivity index is 1.33. The molecule has 0 radical (unpaired) electrons. The number of nitrogens with zero attached hydrogens (tertiary/aromatic N) is 3. The van der Waals surface area contributed by atoms with Gasteiger partial charge < -0.3 is 24.6 Å². The Morgan fingerprint density at radius 1 is 1.03 bits per heavy atom. The van der Waals surface area contributed by atoms with Gasteiger partial charge in [-0.05, 0) is 61.7 Å². The van der Waals surface area contributed by atoms with Crippen LogP contribution in [0.5, 0.6) is 5.75 Å². The molecule has 2 aliphatic heterocycles. The van der Waals surface area contributed by atoms with Crippen LogP contribution in [0.2, 0.25) is 0 Å². The van der Waals surface area contributed by atoms with Gasteiger partial charge in [-0.25, -0.2) is 0 Å². The summed E-state index contributed by atoms with van der Waals surface area (Å²) in [6, 6.07) is 12.7. The SMILES string of the molecule is COc1cc(N2CCOCC2)ccc1C(=O)Nc1ccc2c(c1)C(N1CCN(C)CC1)CCC2. The molecule has 1 unspecified atom stereocenters. The summed E-state index contributed by atoms with van der Waals surface area (Å²) in [5.41, 5.74) is 5.25. The lowest BCUT2D eigenvalue weighted by Gasteiger charge is -2.40. The first-order valence-corrected chi connectivity index (χ1v) is 12.5. The Morgan fingerprint density at radius 2 is 1.82 bits per heavy atom. The minimum absolute atomic E-state index is 0.141. The van der Waals surface area contributed by atoms with Crippen LogP contribution < -0.4 is 15.0 Å². The van der Waals surface area contributed by atoms with Crippen molar-refractivity contribution in [3.63, 3.8) is 0 Å². The number of anilines is 2.